The van der Waals surface area contributed by atoms with Gasteiger partial charge in [0.05, 0.1) is 17.3 Å². The monoisotopic (exact) mass is 415 g/mol. The predicted molar refractivity (Wildman–Crippen MR) is 108 cm³/mol. The van der Waals surface area contributed by atoms with Gasteiger partial charge in [-0.1, -0.05) is 38.8 Å². The molecule has 164 valence electrons. The second-order valence-electron chi connectivity index (χ2n) is 11.5. The molecule has 0 aromatic carbocycles. The molecule has 6 rings (SSSR count). The third kappa shape index (κ3) is 2.11. The molecule has 4 fully saturated rings. The number of hydrogen-bond acceptors (Lipinski definition) is 4. The minimum absolute atomic E-state index is 0.0379. The molecule has 3 saturated carbocycles. The lowest BCUT2D eigenvalue weighted by Crippen LogP contribution is -2.65. The summed E-state index contributed by atoms with van der Waals surface area (Å²) in [6.07, 6.45) is 7.15. The van der Waals surface area contributed by atoms with Gasteiger partial charge >= 0.3 is 5.97 Å². The number of carboxylic acids is 1. The Hall–Kier alpha value is -1.69. The smallest absolute Gasteiger partial charge is 0.309 e. The van der Waals surface area contributed by atoms with Gasteiger partial charge in [-0.05, 0) is 68.1 Å². The van der Waals surface area contributed by atoms with Gasteiger partial charge in [0.25, 0.3) is 11.8 Å². The van der Waals surface area contributed by atoms with Crippen molar-refractivity contribution in [3.63, 3.8) is 0 Å². The Labute approximate surface area is 177 Å². The maximum atomic E-state index is 13.1. The molecule has 0 aromatic rings. The molecule has 6 aliphatic rings. The Morgan fingerprint density at radius 3 is 2.47 bits per heavy atom. The van der Waals surface area contributed by atoms with Gasteiger partial charge in [0.15, 0.2) is 0 Å². The molecule has 2 bridgehead atoms. The largest absolute Gasteiger partial charge is 0.481 e. The summed E-state index contributed by atoms with van der Waals surface area (Å²) in [7, 11) is 0. The standard InChI is InChI=1S/C24H33NO5/c1-12(2)14-11-24-9-6-15-22(3,7-5-8-23(15,4)21(28)29)16(24)10-13(14)17-18(24)20(27)25(30)19(17)26/h11-13,15-18,30H,5-10H2,1-4H3,(H,28,29)/t13?,15?,16?,17?,18?,22-,23+,24?/m0/s1. The van der Waals surface area contributed by atoms with Crippen LogP contribution in [-0.4, -0.2) is 33.2 Å². The average molecular weight is 416 g/mol. The Morgan fingerprint density at radius 2 is 1.83 bits per heavy atom. The summed E-state index contributed by atoms with van der Waals surface area (Å²) in [5.74, 6) is -2.08. The minimum Gasteiger partial charge on any atom is -0.481 e. The highest BCUT2D eigenvalue weighted by Gasteiger charge is 2.73. The topological polar surface area (TPSA) is 94.9 Å². The van der Waals surface area contributed by atoms with E-state index in [4.69, 9.17) is 0 Å². The van der Waals surface area contributed by atoms with Crippen LogP contribution in [0.4, 0.5) is 0 Å². The molecule has 1 spiro atoms. The van der Waals surface area contributed by atoms with Gasteiger partial charge in [-0.3, -0.25) is 19.6 Å². The van der Waals surface area contributed by atoms with Crippen molar-refractivity contribution in [1.82, 2.24) is 5.06 Å². The molecule has 1 aliphatic heterocycles. The molecule has 6 nitrogen and oxygen atoms in total. The number of fused-ring (bicyclic) bond motifs is 1. The van der Waals surface area contributed by atoms with E-state index in [0.717, 1.165) is 32.1 Å². The quantitative estimate of drug-likeness (QED) is 0.405. The summed E-state index contributed by atoms with van der Waals surface area (Å²) in [4.78, 5) is 38.3. The molecular formula is C24H33NO5. The van der Waals surface area contributed by atoms with E-state index < -0.39 is 40.4 Å². The number of nitrogens with zero attached hydrogens (tertiary/aromatic N) is 1. The van der Waals surface area contributed by atoms with E-state index in [-0.39, 0.29) is 29.1 Å². The fourth-order valence-corrected chi connectivity index (χ4v) is 8.94. The molecule has 5 aliphatic carbocycles. The van der Waals surface area contributed by atoms with E-state index in [1.54, 1.807) is 0 Å². The van der Waals surface area contributed by atoms with Crippen LogP contribution in [0.25, 0.3) is 0 Å². The molecule has 0 radical (unpaired) electrons. The molecule has 0 aromatic heterocycles. The van der Waals surface area contributed by atoms with Gasteiger partial charge in [-0.2, -0.15) is 5.06 Å². The van der Waals surface area contributed by atoms with Gasteiger partial charge in [0.2, 0.25) is 0 Å². The molecule has 8 atom stereocenters. The summed E-state index contributed by atoms with van der Waals surface area (Å²) in [5.41, 5.74) is -0.125. The number of carbonyl (C=O) groups is 3. The lowest BCUT2D eigenvalue weighted by atomic mass is 9.34. The van der Waals surface area contributed by atoms with Crippen LogP contribution < -0.4 is 0 Å². The maximum Gasteiger partial charge on any atom is 0.309 e. The van der Waals surface area contributed by atoms with E-state index in [1.165, 1.54) is 5.57 Å². The van der Waals surface area contributed by atoms with E-state index >= 15 is 0 Å². The molecular weight excluding hydrogens is 382 g/mol. The first kappa shape index (κ1) is 20.2. The minimum atomic E-state index is -0.742. The number of aliphatic carboxylic acids is 1. The maximum absolute atomic E-state index is 13.1. The van der Waals surface area contributed by atoms with Crippen molar-refractivity contribution in [2.45, 2.75) is 66.2 Å². The first-order valence-corrected chi connectivity index (χ1v) is 11.5. The van der Waals surface area contributed by atoms with Gasteiger partial charge in [-0.15, -0.1) is 0 Å². The third-order valence-electron chi connectivity index (χ3n) is 10.1. The van der Waals surface area contributed by atoms with Crippen LogP contribution in [0, 0.1) is 51.8 Å². The van der Waals surface area contributed by atoms with Crippen LogP contribution in [0.1, 0.15) is 66.2 Å². The molecule has 6 heteroatoms. The zero-order valence-electron chi connectivity index (χ0n) is 18.4. The zero-order chi connectivity index (χ0) is 21.8. The van der Waals surface area contributed by atoms with E-state index in [0.29, 0.717) is 11.5 Å². The number of amides is 2. The van der Waals surface area contributed by atoms with Crippen molar-refractivity contribution in [1.29, 1.82) is 0 Å². The Kier molecular flexibility index (Phi) is 4.02. The zero-order valence-corrected chi connectivity index (χ0v) is 18.4. The number of carboxylic acid groups (broad SMARTS) is 1. The summed E-state index contributed by atoms with van der Waals surface area (Å²) in [5, 5.41) is 20.8. The van der Waals surface area contributed by atoms with E-state index in [9.17, 15) is 24.7 Å². The molecule has 1 heterocycles. The lowest BCUT2D eigenvalue weighted by molar-refractivity contribution is -0.195. The van der Waals surface area contributed by atoms with Gasteiger partial charge in [0.1, 0.15) is 0 Å². The number of allylic oxidation sites excluding steroid dienone is 2. The highest BCUT2D eigenvalue weighted by molar-refractivity contribution is 6.05. The van der Waals surface area contributed by atoms with Crippen LogP contribution in [0.2, 0.25) is 0 Å². The normalized spacial score (nSPS) is 49.6. The predicted octanol–water partition coefficient (Wildman–Crippen LogP) is 3.89. The van der Waals surface area contributed by atoms with Crippen LogP contribution in [0.3, 0.4) is 0 Å². The Bertz CT molecular complexity index is 879. The molecule has 2 N–H and O–H groups in total. The van der Waals surface area contributed by atoms with Crippen molar-refractivity contribution < 1.29 is 24.7 Å². The Balaban J connectivity index is 1.67. The van der Waals surface area contributed by atoms with Crippen molar-refractivity contribution in [2.75, 3.05) is 0 Å². The molecule has 30 heavy (non-hydrogen) atoms. The number of carbonyl (C=O) groups excluding carboxylic acids is 2. The summed E-state index contributed by atoms with van der Waals surface area (Å²) < 4.78 is 0. The number of rotatable bonds is 2. The first-order chi connectivity index (χ1) is 14.0. The average Bonchev–Trinajstić information content (AvgIpc) is 2.93. The second kappa shape index (κ2) is 5.96. The first-order valence-electron chi connectivity index (χ1n) is 11.5. The highest BCUT2D eigenvalue weighted by atomic mass is 16.5. The van der Waals surface area contributed by atoms with Crippen LogP contribution >= 0.6 is 0 Å². The highest BCUT2D eigenvalue weighted by Crippen LogP contribution is 2.74. The number of imide groups is 1. The molecule has 2 amide bonds. The molecule has 1 saturated heterocycles. The Morgan fingerprint density at radius 1 is 1.13 bits per heavy atom. The van der Waals surface area contributed by atoms with Crippen LogP contribution in [0.15, 0.2) is 11.6 Å². The van der Waals surface area contributed by atoms with Gasteiger partial charge in [0, 0.05) is 5.41 Å². The molecule has 6 unspecified atom stereocenters. The summed E-state index contributed by atoms with van der Waals surface area (Å²) in [6, 6.07) is 0. The lowest BCUT2D eigenvalue weighted by Gasteiger charge is -2.68. The van der Waals surface area contributed by atoms with Crippen molar-refractivity contribution in [2.24, 2.45) is 51.8 Å². The van der Waals surface area contributed by atoms with E-state index in [2.05, 4.69) is 26.8 Å². The van der Waals surface area contributed by atoms with Gasteiger partial charge in [-0.25, -0.2) is 0 Å². The van der Waals surface area contributed by atoms with Crippen LogP contribution in [0.5, 0.6) is 0 Å². The second-order valence-corrected chi connectivity index (χ2v) is 11.5. The van der Waals surface area contributed by atoms with Crippen molar-refractivity contribution >= 4 is 17.8 Å². The van der Waals surface area contributed by atoms with E-state index in [1.807, 2.05) is 6.92 Å². The van der Waals surface area contributed by atoms with Crippen molar-refractivity contribution in [3.05, 3.63) is 11.6 Å². The fraction of sp³-hybridized carbons (Fsp3) is 0.792. The summed E-state index contributed by atoms with van der Waals surface area (Å²) >= 11 is 0. The number of hydrogen-bond donors (Lipinski definition) is 2. The SMILES string of the molecule is CC(C)C1=CC23CCC4[C@](C)(CCC[C@@]4(C)C(=O)O)C2CC1C1C(=O)N(O)C(=O)C13. The fourth-order valence-electron chi connectivity index (χ4n) is 8.94. The third-order valence-corrected chi connectivity index (χ3v) is 10.1. The summed E-state index contributed by atoms with van der Waals surface area (Å²) in [6.45, 7) is 8.44. The van der Waals surface area contributed by atoms with Gasteiger partial charge < -0.3 is 5.11 Å². The van der Waals surface area contributed by atoms with Crippen LogP contribution in [-0.2, 0) is 14.4 Å². The number of hydroxylamine groups is 2. The van der Waals surface area contributed by atoms with Crippen molar-refractivity contribution in [3.8, 4) is 0 Å².